The summed E-state index contributed by atoms with van der Waals surface area (Å²) in [6.45, 7) is 11.8. The molecule has 0 heterocycles. The van der Waals surface area contributed by atoms with E-state index >= 15 is 0 Å². The summed E-state index contributed by atoms with van der Waals surface area (Å²) in [5, 5.41) is 8.64. The molecule has 0 bridgehead atoms. The van der Waals surface area contributed by atoms with E-state index in [1.54, 1.807) is 0 Å². The number of halogens is 1. The van der Waals surface area contributed by atoms with Gasteiger partial charge in [0.25, 0.3) is 0 Å². The highest BCUT2D eigenvalue weighted by molar-refractivity contribution is 6.21. The number of carboxylic acid groups (broad SMARTS) is 1. The Morgan fingerprint density at radius 3 is 1.23 bits per heavy atom. The molecule has 3 aliphatic rings. The lowest BCUT2D eigenvalue weighted by Crippen LogP contribution is -2.50. The summed E-state index contributed by atoms with van der Waals surface area (Å²) >= 11 is 6.48. The smallest absolute Gasteiger partial charge is 0.305 e. The Labute approximate surface area is 376 Å². The molecule has 4 unspecified atom stereocenters. The van der Waals surface area contributed by atoms with Crippen LogP contribution in [0.3, 0.4) is 0 Å². The Kier molecular flexibility index (Phi) is 34.2. The molecule has 3 aliphatic carbocycles. The van der Waals surface area contributed by atoms with E-state index in [2.05, 4.69) is 30.4 Å². The Morgan fingerprint density at radius 2 is 0.887 bits per heavy atom. The second-order valence-electron chi connectivity index (χ2n) is 15.2. The van der Waals surface area contributed by atoms with Crippen LogP contribution < -0.4 is 0 Å². The molecule has 0 aromatic rings. The summed E-state index contributed by atoms with van der Waals surface area (Å²) < 4.78 is 73.3. The van der Waals surface area contributed by atoms with Crippen LogP contribution in [0.5, 0.6) is 0 Å². The van der Waals surface area contributed by atoms with Crippen molar-refractivity contribution < 1.29 is 71.5 Å². The highest BCUT2D eigenvalue weighted by Gasteiger charge is 2.48. The number of rotatable bonds is 43. The number of hydrogen-bond acceptors (Lipinski definition) is 14. The molecule has 360 valence electrons. The first-order valence-corrected chi connectivity index (χ1v) is 23.5. The van der Waals surface area contributed by atoms with Gasteiger partial charge in [-0.1, -0.05) is 30.4 Å². The molecule has 0 aliphatic heterocycles. The zero-order valence-corrected chi connectivity index (χ0v) is 38.2. The molecular weight excluding hydrogens is 828 g/mol. The molecule has 15 nitrogen and oxygen atoms in total. The van der Waals surface area contributed by atoms with Gasteiger partial charge in [-0.25, -0.2) is 0 Å². The summed E-state index contributed by atoms with van der Waals surface area (Å²) in [6, 6.07) is 0. The lowest BCUT2D eigenvalue weighted by Gasteiger charge is -2.49. The largest absolute Gasteiger partial charge is 0.481 e. The number of aliphatic carboxylic acids is 1. The van der Waals surface area contributed by atoms with Crippen LogP contribution in [0, 0.1) is 11.8 Å². The highest BCUT2D eigenvalue weighted by atomic mass is 35.5. The third kappa shape index (κ3) is 26.4. The fraction of sp³-hybridized carbons (Fsp3) is 0.848. The Hall–Kier alpha value is -1.54. The summed E-state index contributed by atoms with van der Waals surface area (Å²) in [5.74, 6) is -0.169. The highest BCUT2D eigenvalue weighted by Crippen LogP contribution is 2.48. The Balaban J connectivity index is 1.01. The summed E-state index contributed by atoms with van der Waals surface area (Å²) in [6.07, 6.45) is 22.1. The maximum absolute atomic E-state index is 10.4. The minimum atomic E-state index is -0.875. The van der Waals surface area contributed by atoms with Crippen LogP contribution in [0.1, 0.15) is 64.2 Å². The molecule has 0 aromatic heterocycles. The van der Waals surface area contributed by atoms with Gasteiger partial charge in [-0.2, -0.15) is 0 Å². The van der Waals surface area contributed by atoms with E-state index in [1.165, 1.54) is 24.8 Å². The zero-order valence-electron chi connectivity index (χ0n) is 37.4. The van der Waals surface area contributed by atoms with Crippen LogP contribution in [0.4, 0.5) is 0 Å². The molecule has 0 amide bonds. The van der Waals surface area contributed by atoms with E-state index in [0.29, 0.717) is 170 Å². The summed E-state index contributed by atoms with van der Waals surface area (Å²) in [5.41, 5.74) is 1.17. The molecule has 0 saturated carbocycles. The molecule has 62 heavy (non-hydrogen) atoms. The van der Waals surface area contributed by atoms with Crippen molar-refractivity contribution in [2.24, 2.45) is 11.8 Å². The molecule has 1 N–H and O–H groups in total. The van der Waals surface area contributed by atoms with E-state index in [0.717, 1.165) is 38.5 Å². The van der Waals surface area contributed by atoms with Crippen molar-refractivity contribution in [2.45, 2.75) is 75.2 Å². The summed E-state index contributed by atoms with van der Waals surface area (Å²) in [7, 11) is 0. The van der Waals surface area contributed by atoms with Gasteiger partial charge in [0.1, 0.15) is 5.60 Å². The van der Waals surface area contributed by atoms with Crippen molar-refractivity contribution in [1.82, 2.24) is 0 Å². The summed E-state index contributed by atoms with van der Waals surface area (Å²) in [4.78, 5) is 10.4. The minimum absolute atomic E-state index is 0.00420. The first kappa shape index (κ1) is 54.8. The molecule has 3 rings (SSSR count). The quantitative estimate of drug-likeness (QED) is 0.0442. The average molecular weight is 908 g/mol. The van der Waals surface area contributed by atoms with Gasteiger partial charge in [0.15, 0.2) is 0 Å². The van der Waals surface area contributed by atoms with Crippen LogP contribution in [0.2, 0.25) is 0 Å². The predicted octanol–water partition coefficient (Wildman–Crippen LogP) is 5.85. The van der Waals surface area contributed by atoms with Crippen LogP contribution in [-0.4, -0.2) is 187 Å². The van der Waals surface area contributed by atoms with Gasteiger partial charge in [0.05, 0.1) is 177 Å². The van der Waals surface area contributed by atoms with E-state index in [4.69, 9.17) is 78.3 Å². The second kappa shape index (κ2) is 38.7. The number of ether oxygens (including phenoxy) is 13. The van der Waals surface area contributed by atoms with Gasteiger partial charge in [-0.15, -0.1) is 11.6 Å². The molecule has 0 aromatic carbocycles. The Morgan fingerprint density at radius 1 is 0.484 bits per heavy atom. The van der Waals surface area contributed by atoms with Crippen molar-refractivity contribution in [3.63, 3.8) is 0 Å². The number of carbonyl (C=O) groups is 1. The zero-order chi connectivity index (χ0) is 43.9. The number of carboxylic acids is 1. The molecule has 16 heteroatoms. The monoisotopic (exact) mass is 907 g/mol. The number of allylic oxidation sites excluding steroid dienone is 3. The topological polar surface area (TPSA) is 157 Å². The van der Waals surface area contributed by atoms with Crippen LogP contribution in [0.15, 0.2) is 36.0 Å². The standard InChI is InChI=1S/C46H79ClO15/c47-44-13-11-43(12-14-44)46(41-7-3-1-4-8-41,42-9-5-2-6-10-42)62-40-39-61-38-37-60-36-35-59-34-33-58-32-31-57-30-29-56-28-27-55-26-25-54-24-23-53-22-21-52-20-19-51-18-17-50-16-15-45(48)49/h3,7,9,11,13,41,43-44H,1-2,4-6,8,10,12,14-40H2,(H,48,49). The second-order valence-corrected chi connectivity index (χ2v) is 15.7. The van der Waals surface area contributed by atoms with Gasteiger partial charge in [0, 0.05) is 11.8 Å². The average Bonchev–Trinajstić information content (AvgIpc) is 3.29. The molecule has 0 radical (unpaired) electrons. The van der Waals surface area contributed by atoms with Crippen molar-refractivity contribution in [2.75, 3.05) is 165 Å². The van der Waals surface area contributed by atoms with Gasteiger partial charge < -0.3 is 66.7 Å². The third-order valence-electron chi connectivity index (χ3n) is 10.6. The SMILES string of the molecule is O=C(O)CCOCCOCCOCCOCCOCCOCCOCCOCCOCCOCCOCCOCCOC(C1=CCCCC1)(C1C=CCCC1)C1C=CC(Cl)CC1. The maximum atomic E-state index is 10.4. The number of alkyl halides is 1. The van der Waals surface area contributed by atoms with Crippen LogP contribution in [0.25, 0.3) is 0 Å². The molecule has 0 fully saturated rings. The number of hydrogen-bond donors (Lipinski definition) is 1. The first-order valence-electron chi connectivity index (χ1n) is 23.1. The minimum Gasteiger partial charge on any atom is -0.481 e. The molecule has 4 atom stereocenters. The van der Waals surface area contributed by atoms with E-state index in [-0.39, 0.29) is 24.0 Å². The van der Waals surface area contributed by atoms with Crippen molar-refractivity contribution in [3.8, 4) is 0 Å². The lowest BCUT2D eigenvalue weighted by atomic mass is 9.64. The molecule has 0 spiro atoms. The Bertz CT molecular complexity index is 1160. The predicted molar refractivity (Wildman–Crippen MR) is 235 cm³/mol. The maximum Gasteiger partial charge on any atom is 0.305 e. The normalized spacial score (nSPS) is 20.1. The van der Waals surface area contributed by atoms with E-state index < -0.39 is 5.97 Å². The van der Waals surface area contributed by atoms with E-state index in [1.807, 2.05) is 0 Å². The molecule has 0 saturated heterocycles. The van der Waals surface area contributed by atoms with Crippen LogP contribution in [-0.2, 0) is 66.4 Å². The third-order valence-corrected chi connectivity index (χ3v) is 10.9. The van der Waals surface area contributed by atoms with Gasteiger partial charge in [-0.3, -0.25) is 4.79 Å². The van der Waals surface area contributed by atoms with Crippen molar-refractivity contribution in [1.29, 1.82) is 0 Å². The first-order chi connectivity index (χ1) is 30.6. The van der Waals surface area contributed by atoms with Crippen molar-refractivity contribution in [3.05, 3.63) is 36.0 Å². The van der Waals surface area contributed by atoms with E-state index in [9.17, 15) is 4.79 Å². The lowest BCUT2D eigenvalue weighted by molar-refractivity contribution is -0.138. The fourth-order valence-corrected chi connectivity index (χ4v) is 7.72. The fourth-order valence-electron chi connectivity index (χ4n) is 7.51. The molecular formula is C46H79ClO15. The van der Waals surface area contributed by atoms with Crippen LogP contribution >= 0.6 is 11.6 Å². The van der Waals surface area contributed by atoms with Crippen molar-refractivity contribution >= 4 is 17.6 Å². The van der Waals surface area contributed by atoms with Gasteiger partial charge in [0.2, 0.25) is 0 Å². The van der Waals surface area contributed by atoms with Gasteiger partial charge >= 0.3 is 5.97 Å². The van der Waals surface area contributed by atoms with Gasteiger partial charge in [-0.05, 0) is 63.4 Å².